The minimum atomic E-state index is -0.715. The molecule has 0 radical (unpaired) electrons. The summed E-state index contributed by atoms with van der Waals surface area (Å²) in [6.45, 7) is 4.61. The van der Waals surface area contributed by atoms with Crippen molar-refractivity contribution in [1.82, 2.24) is 9.25 Å². The molecule has 6 aromatic carbocycles. The smallest absolute Gasteiger partial charge is 0.397 e. The van der Waals surface area contributed by atoms with E-state index < -0.39 is 5.66 Å². The highest BCUT2D eigenvalue weighted by molar-refractivity contribution is 6.14. The van der Waals surface area contributed by atoms with Gasteiger partial charge in [0.25, 0.3) is 5.82 Å². The number of fused-ring (bicyclic) bond motifs is 9. The summed E-state index contributed by atoms with van der Waals surface area (Å²) in [5.41, 5.74) is 10.2. The minimum Gasteiger partial charge on any atom is -0.456 e. The van der Waals surface area contributed by atoms with Gasteiger partial charge in [-0.1, -0.05) is 77.5 Å². The zero-order valence-electron chi connectivity index (χ0n) is 26.4. The van der Waals surface area contributed by atoms with E-state index in [-0.39, 0.29) is 0 Å². The Morgan fingerprint density at radius 1 is 0.604 bits per heavy atom. The molecule has 6 heterocycles. The van der Waals surface area contributed by atoms with Crippen LogP contribution in [0, 0.1) is 13.8 Å². The lowest BCUT2D eigenvalue weighted by Gasteiger charge is -2.33. The van der Waals surface area contributed by atoms with Crippen molar-refractivity contribution >= 4 is 43.4 Å². The van der Waals surface area contributed by atoms with Crippen molar-refractivity contribution in [1.29, 1.82) is 0 Å². The number of hydrogen-bond acceptors (Lipinski definition) is 1. The molecule has 0 amide bonds. The number of nitrogens with zero attached hydrogens (tertiary/aromatic N) is 4. The zero-order valence-corrected chi connectivity index (χ0v) is 26.4. The molecule has 0 aliphatic carbocycles. The molecule has 3 aliphatic heterocycles. The van der Waals surface area contributed by atoms with E-state index in [2.05, 4.69) is 166 Å². The van der Waals surface area contributed by atoms with Crippen LogP contribution in [0.1, 0.15) is 22.5 Å². The lowest BCUT2D eigenvalue weighted by atomic mass is 9.83. The van der Waals surface area contributed by atoms with Crippen molar-refractivity contribution in [3.8, 4) is 34.1 Å². The third-order valence-electron chi connectivity index (χ3n) is 11.3. The van der Waals surface area contributed by atoms with Crippen molar-refractivity contribution in [2.45, 2.75) is 19.5 Å². The summed E-state index contributed by atoms with van der Waals surface area (Å²) >= 11 is 0. The maximum absolute atomic E-state index is 6.90. The van der Waals surface area contributed by atoms with Crippen LogP contribution in [0.25, 0.3) is 66.0 Å². The number of ether oxygens (including phenoxy) is 1. The predicted molar refractivity (Wildman–Crippen MR) is 189 cm³/mol. The van der Waals surface area contributed by atoms with Crippen molar-refractivity contribution in [2.75, 3.05) is 0 Å². The first-order valence-corrected chi connectivity index (χ1v) is 16.6. The number of para-hydroxylation sites is 1. The number of aromatic nitrogens is 4. The second kappa shape index (κ2) is 8.20. The van der Waals surface area contributed by atoms with E-state index in [0.29, 0.717) is 0 Å². The molecule has 224 valence electrons. The third-order valence-corrected chi connectivity index (χ3v) is 11.3. The van der Waals surface area contributed by atoms with Crippen LogP contribution >= 0.6 is 0 Å². The van der Waals surface area contributed by atoms with Crippen LogP contribution < -0.4 is 14.0 Å². The van der Waals surface area contributed by atoms with E-state index in [0.717, 1.165) is 23.0 Å². The van der Waals surface area contributed by atoms with Gasteiger partial charge in [-0.05, 0) is 77.0 Å². The Balaban J connectivity index is 1.33. The molecule has 1 unspecified atom stereocenters. The van der Waals surface area contributed by atoms with E-state index in [1.807, 2.05) is 0 Å². The predicted octanol–water partition coefficient (Wildman–Crippen LogP) is 8.77. The van der Waals surface area contributed by atoms with Gasteiger partial charge >= 0.3 is 5.66 Å². The molecule has 3 aromatic heterocycles. The van der Waals surface area contributed by atoms with Crippen LogP contribution in [0.4, 0.5) is 0 Å². The van der Waals surface area contributed by atoms with Gasteiger partial charge in [0.2, 0.25) is 5.69 Å². The van der Waals surface area contributed by atoms with Gasteiger partial charge in [0.15, 0.2) is 11.1 Å². The van der Waals surface area contributed by atoms with Gasteiger partial charge in [0.05, 0.1) is 17.5 Å². The normalized spacial score (nSPS) is 16.4. The average Bonchev–Trinajstić information content (AvgIpc) is 3.72. The third kappa shape index (κ3) is 2.57. The maximum atomic E-state index is 6.90. The Bertz CT molecular complexity index is 2910. The average molecular weight is 617 g/mol. The Morgan fingerprint density at radius 3 is 2.12 bits per heavy atom. The van der Waals surface area contributed by atoms with Crippen LogP contribution in [-0.2, 0) is 5.66 Å². The molecular weight excluding hydrogens is 589 g/mol. The summed E-state index contributed by atoms with van der Waals surface area (Å²) < 4.78 is 16.9. The summed E-state index contributed by atoms with van der Waals surface area (Å²) in [6, 6.07) is 46.3. The van der Waals surface area contributed by atoms with Gasteiger partial charge in [-0.3, -0.25) is 0 Å². The van der Waals surface area contributed by atoms with Gasteiger partial charge in [-0.25, -0.2) is 0 Å². The minimum absolute atomic E-state index is 0.715. The number of hydrogen-bond donors (Lipinski definition) is 0. The Morgan fingerprint density at radius 2 is 1.31 bits per heavy atom. The second-order valence-corrected chi connectivity index (χ2v) is 13.4. The molecule has 0 saturated heterocycles. The highest BCUT2D eigenvalue weighted by atomic mass is 16.5. The van der Waals surface area contributed by atoms with E-state index >= 15 is 0 Å². The molecule has 1 spiro atoms. The quantitative estimate of drug-likeness (QED) is 0.134. The number of benzene rings is 6. The number of rotatable bonds is 1. The van der Waals surface area contributed by atoms with Crippen LogP contribution in [0.5, 0.6) is 11.5 Å². The number of pyridine rings is 1. The Hall–Kier alpha value is -6.20. The lowest BCUT2D eigenvalue weighted by molar-refractivity contribution is -0.995. The SMILES string of the molecule is Cc1c(-c2c3ccccc3cc3ccccc23)c(C)[n+]2n1-c1cccc3c1C21c2c(ccc4c5ccccc5n(c24)-c2cccc[n+]21)O3. The van der Waals surface area contributed by atoms with Crippen molar-refractivity contribution in [2.24, 2.45) is 0 Å². The second-order valence-electron chi connectivity index (χ2n) is 13.4. The summed E-state index contributed by atoms with van der Waals surface area (Å²) in [7, 11) is 0. The Kier molecular flexibility index (Phi) is 4.26. The molecule has 3 aliphatic rings. The molecule has 1 atom stereocenters. The Labute approximate surface area is 275 Å². The fraction of sp³-hybridized carbons (Fsp3) is 0.0698. The van der Waals surface area contributed by atoms with Gasteiger partial charge in [0, 0.05) is 29.3 Å². The highest BCUT2D eigenvalue weighted by Crippen LogP contribution is 2.56. The van der Waals surface area contributed by atoms with Crippen molar-refractivity contribution < 1.29 is 14.0 Å². The zero-order chi connectivity index (χ0) is 31.5. The molecule has 0 bridgehead atoms. The summed E-state index contributed by atoms with van der Waals surface area (Å²) in [6.07, 6.45) is 2.26. The fourth-order valence-electron chi connectivity index (χ4n) is 9.61. The van der Waals surface area contributed by atoms with Crippen LogP contribution in [-0.4, -0.2) is 9.25 Å². The van der Waals surface area contributed by atoms with Gasteiger partial charge in [-0.15, -0.1) is 4.68 Å². The molecule has 0 fully saturated rings. The lowest BCUT2D eigenvalue weighted by Crippen LogP contribution is -2.77. The topological polar surface area (TPSA) is 26.8 Å². The van der Waals surface area contributed by atoms with Gasteiger partial charge in [0.1, 0.15) is 28.3 Å². The first-order chi connectivity index (χ1) is 23.7. The largest absolute Gasteiger partial charge is 0.456 e. The molecule has 5 heteroatoms. The highest BCUT2D eigenvalue weighted by Gasteiger charge is 2.70. The fourth-order valence-corrected chi connectivity index (χ4v) is 9.61. The van der Waals surface area contributed by atoms with Gasteiger partial charge in [-0.2, -0.15) is 9.13 Å². The summed E-state index contributed by atoms with van der Waals surface area (Å²) in [5.74, 6) is 2.93. The molecule has 5 nitrogen and oxygen atoms in total. The van der Waals surface area contributed by atoms with Crippen molar-refractivity contribution in [3.63, 3.8) is 0 Å². The van der Waals surface area contributed by atoms with Crippen LogP contribution in [0.15, 0.2) is 134 Å². The van der Waals surface area contributed by atoms with Crippen molar-refractivity contribution in [3.05, 3.63) is 156 Å². The van der Waals surface area contributed by atoms with E-state index in [1.165, 1.54) is 77.0 Å². The molecule has 9 aromatic rings. The van der Waals surface area contributed by atoms with Crippen LogP contribution in [0.3, 0.4) is 0 Å². The summed E-state index contributed by atoms with van der Waals surface area (Å²) in [5, 5.41) is 7.53. The standard InChI is InChI=1S/C43H28N4O/c1-25-38(39-29-14-5-3-12-27(29)24-28-13-4-6-15-30(28)39)26(2)47-43-40-34(46(25)47)18-11-19-35(40)48-36-22-21-32-31-16-7-8-17-33(31)45(42(32)41(36)43)37-20-9-10-23-44(37)43/h3-24H,1-2H3/q+2. The van der Waals surface area contributed by atoms with E-state index in [9.17, 15) is 0 Å². The monoisotopic (exact) mass is 616 g/mol. The van der Waals surface area contributed by atoms with Crippen LogP contribution in [0.2, 0.25) is 0 Å². The molecule has 0 N–H and O–H groups in total. The maximum Gasteiger partial charge on any atom is 0.397 e. The molecule has 0 saturated carbocycles. The molecule has 48 heavy (non-hydrogen) atoms. The molecule has 12 rings (SSSR count). The molecular formula is C43H28N4O+2. The first-order valence-electron chi connectivity index (χ1n) is 16.6. The van der Waals surface area contributed by atoms with E-state index in [4.69, 9.17) is 4.74 Å². The van der Waals surface area contributed by atoms with E-state index in [1.54, 1.807) is 0 Å². The summed E-state index contributed by atoms with van der Waals surface area (Å²) in [4.78, 5) is 0. The first kappa shape index (κ1) is 25.0. The van der Waals surface area contributed by atoms with Gasteiger partial charge < -0.3 is 4.74 Å².